The van der Waals surface area contributed by atoms with Gasteiger partial charge in [0.1, 0.15) is 0 Å². The van der Waals surface area contributed by atoms with Gasteiger partial charge in [0.25, 0.3) is 0 Å². The van der Waals surface area contributed by atoms with Gasteiger partial charge in [-0.2, -0.15) is 0 Å². The molecular weight excluding hydrogens is 246 g/mol. The van der Waals surface area contributed by atoms with Crippen LogP contribution in [0.1, 0.15) is 24.2 Å². The average molecular weight is 258 g/mol. The molecule has 1 aromatic carbocycles. The molecule has 1 rings (SSSR count). The highest BCUT2D eigenvalue weighted by Crippen LogP contribution is 2.30. The van der Waals surface area contributed by atoms with Gasteiger partial charge < -0.3 is 10.5 Å². The van der Waals surface area contributed by atoms with Crippen molar-refractivity contribution in [3.05, 3.63) is 22.2 Å². The van der Waals surface area contributed by atoms with Crippen molar-refractivity contribution in [2.24, 2.45) is 0 Å². The van der Waals surface area contributed by atoms with Crippen molar-refractivity contribution in [1.82, 2.24) is 0 Å². The second kappa shape index (κ2) is 4.46. The number of hydrogen-bond acceptors (Lipinski definition) is 3. The first-order valence-corrected chi connectivity index (χ1v) is 5.08. The largest absolute Gasteiger partial charge is 0.491 e. The first-order chi connectivity index (χ1) is 6.56. The molecule has 0 fully saturated rings. The number of carbonyl (C=O) groups is 1. The summed E-state index contributed by atoms with van der Waals surface area (Å²) < 4.78 is 6.10. The molecule has 0 aliphatic heterocycles. The summed E-state index contributed by atoms with van der Waals surface area (Å²) in [6.45, 7) is 3.83. The number of rotatable bonds is 3. The molecule has 2 N–H and O–H groups in total. The van der Waals surface area contributed by atoms with E-state index in [0.717, 1.165) is 4.47 Å². The average Bonchev–Trinajstić information content (AvgIpc) is 2.09. The highest BCUT2D eigenvalue weighted by Gasteiger charge is 2.12. The van der Waals surface area contributed by atoms with Crippen molar-refractivity contribution >= 4 is 27.4 Å². The van der Waals surface area contributed by atoms with E-state index in [9.17, 15) is 4.79 Å². The molecule has 0 amide bonds. The summed E-state index contributed by atoms with van der Waals surface area (Å²) in [6.07, 6.45) is 0. The summed E-state index contributed by atoms with van der Waals surface area (Å²) in [5.74, 6) is 0.421. The molecule has 14 heavy (non-hydrogen) atoms. The molecule has 3 nitrogen and oxygen atoms in total. The van der Waals surface area contributed by atoms with E-state index in [4.69, 9.17) is 10.5 Å². The number of nitrogen functional groups attached to an aromatic ring is 1. The quantitative estimate of drug-likeness (QED) is 0.669. The van der Waals surface area contributed by atoms with Crippen molar-refractivity contribution in [3.8, 4) is 5.75 Å². The summed E-state index contributed by atoms with van der Waals surface area (Å²) >= 11 is 3.28. The smallest absolute Gasteiger partial charge is 0.163 e. The first-order valence-electron chi connectivity index (χ1n) is 4.29. The van der Waals surface area contributed by atoms with Crippen LogP contribution < -0.4 is 10.5 Å². The summed E-state index contributed by atoms with van der Waals surface area (Å²) in [5, 5.41) is 0. The highest BCUT2D eigenvalue weighted by atomic mass is 79.9. The molecule has 4 heteroatoms. The molecule has 0 heterocycles. The van der Waals surface area contributed by atoms with Crippen molar-refractivity contribution in [2.75, 3.05) is 12.3 Å². The zero-order valence-corrected chi connectivity index (χ0v) is 9.72. The second-order valence-electron chi connectivity index (χ2n) is 2.86. The third-order valence-electron chi connectivity index (χ3n) is 1.75. The summed E-state index contributed by atoms with van der Waals surface area (Å²) in [4.78, 5) is 11.3. The summed E-state index contributed by atoms with van der Waals surface area (Å²) in [5.41, 5.74) is 6.73. The number of carbonyl (C=O) groups excluding carboxylic acids is 1. The van der Waals surface area contributed by atoms with Crippen molar-refractivity contribution in [3.63, 3.8) is 0 Å². The van der Waals surface area contributed by atoms with E-state index < -0.39 is 0 Å². The van der Waals surface area contributed by atoms with E-state index in [2.05, 4.69) is 15.9 Å². The Kier molecular flexibility index (Phi) is 3.52. The Morgan fingerprint density at radius 1 is 1.57 bits per heavy atom. The van der Waals surface area contributed by atoms with Gasteiger partial charge in [-0.1, -0.05) is 15.9 Å². The summed E-state index contributed by atoms with van der Waals surface area (Å²) in [7, 11) is 0. The zero-order chi connectivity index (χ0) is 10.7. The van der Waals surface area contributed by atoms with Crippen LogP contribution in [0.4, 0.5) is 5.69 Å². The molecule has 76 valence electrons. The third kappa shape index (κ3) is 2.26. The predicted molar refractivity (Wildman–Crippen MR) is 59.7 cm³/mol. The monoisotopic (exact) mass is 257 g/mol. The van der Waals surface area contributed by atoms with Crippen LogP contribution in [0.3, 0.4) is 0 Å². The standard InChI is InChI=1S/C10H12BrNO2/c1-3-14-10-8(6(2)13)4-7(11)5-9(10)12/h4-5H,3,12H2,1-2H3. The van der Waals surface area contributed by atoms with E-state index in [1.54, 1.807) is 12.1 Å². The van der Waals surface area contributed by atoms with Gasteiger partial charge in [-0.25, -0.2) is 0 Å². The number of hydrogen-bond donors (Lipinski definition) is 1. The lowest BCUT2D eigenvalue weighted by Gasteiger charge is -2.11. The van der Waals surface area contributed by atoms with E-state index in [1.807, 2.05) is 6.92 Å². The van der Waals surface area contributed by atoms with Crippen LogP contribution in [0.5, 0.6) is 5.75 Å². The lowest BCUT2D eigenvalue weighted by molar-refractivity contribution is 0.101. The molecule has 0 atom stereocenters. The number of ketones is 1. The van der Waals surface area contributed by atoms with Gasteiger partial charge in [-0.05, 0) is 26.0 Å². The molecule has 0 radical (unpaired) electrons. The van der Waals surface area contributed by atoms with Gasteiger partial charge in [-0.15, -0.1) is 0 Å². The summed E-state index contributed by atoms with van der Waals surface area (Å²) in [6, 6.07) is 3.43. The topological polar surface area (TPSA) is 52.3 Å². The van der Waals surface area contributed by atoms with Crippen LogP contribution in [0.15, 0.2) is 16.6 Å². The van der Waals surface area contributed by atoms with Gasteiger partial charge in [-0.3, -0.25) is 4.79 Å². The number of Topliss-reactive ketones (excluding diaryl/α,β-unsaturated/α-hetero) is 1. The second-order valence-corrected chi connectivity index (χ2v) is 3.78. The van der Waals surface area contributed by atoms with Crippen LogP contribution in [-0.2, 0) is 0 Å². The van der Waals surface area contributed by atoms with Gasteiger partial charge in [0, 0.05) is 4.47 Å². The molecular formula is C10H12BrNO2. The third-order valence-corrected chi connectivity index (χ3v) is 2.21. The fourth-order valence-electron chi connectivity index (χ4n) is 1.18. The predicted octanol–water partition coefficient (Wildman–Crippen LogP) is 2.63. The van der Waals surface area contributed by atoms with Gasteiger partial charge in [0.2, 0.25) is 0 Å². The lowest BCUT2D eigenvalue weighted by Crippen LogP contribution is -2.04. The Morgan fingerprint density at radius 3 is 2.71 bits per heavy atom. The fraction of sp³-hybridized carbons (Fsp3) is 0.300. The highest BCUT2D eigenvalue weighted by molar-refractivity contribution is 9.10. The molecule has 0 saturated heterocycles. The number of halogens is 1. The Morgan fingerprint density at radius 2 is 2.21 bits per heavy atom. The van der Waals surface area contributed by atoms with E-state index >= 15 is 0 Å². The Hall–Kier alpha value is -1.03. The minimum atomic E-state index is -0.0542. The van der Waals surface area contributed by atoms with E-state index in [0.29, 0.717) is 23.6 Å². The number of anilines is 1. The lowest BCUT2D eigenvalue weighted by atomic mass is 10.1. The van der Waals surface area contributed by atoms with E-state index in [1.165, 1.54) is 6.92 Å². The maximum absolute atomic E-state index is 11.3. The molecule has 0 bridgehead atoms. The van der Waals surface area contributed by atoms with Gasteiger partial charge in [0.15, 0.2) is 11.5 Å². The van der Waals surface area contributed by atoms with Crippen LogP contribution in [-0.4, -0.2) is 12.4 Å². The van der Waals surface area contributed by atoms with Crippen LogP contribution in [0.2, 0.25) is 0 Å². The van der Waals surface area contributed by atoms with Crippen molar-refractivity contribution < 1.29 is 9.53 Å². The number of ether oxygens (including phenoxy) is 1. The maximum atomic E-state index is 11.3. The van der Waals surface area contributed by atoms with Crippen molar-refractivity contribution in [2.45, 2.75) is 13.8 Å². The minimum Gasteiger partial charge on any atom is -0.491 e. The SMILES string of the molecule is CCOc1c(N)cc(Br)cc1C(C)=O. The molecule has 0 aliphatic rings. The maximum Gasteiger partial charge on any atom is 0.163 e. The zero-order valence-electron chi connectivity index (χ0n) is 8.13. The van der Waals surface area contributed by atoms with Crippen molar-refractivity contribution in [1.29, 1.82) is 0 Å². The molecule has 0 spiro atoms. The van der Waals surface area contributed by atoms with Crippen LogP contribution in [0, 0.1) is 0 Å². The number of benzene rings is 1. The normalized spacial score (nSPS) is 9.93. The van der Waals surface area contributed by atoms with Gasteiger partial charge in [0.05, 0.1) is 17.9 Å². The Labute approximate surface area is 91.4 Å². The van der Waals surface area contributed by atoms with Crippen LogP contribution in [0.25, 0.3) is 0 Å². The molecule has 0 aromatic heterocycles. The Bertz CT molecular complexity index is 363. The van der Waals surface area contributed by atoms with Gasteiger partial charge >= 0.3 is 0 Å². The molecule has 0 unspecified atom stereocenters. The molecule has 1 aromatic rings. The van der Waals surface area contributed by atoms with Crippen LogP contribution >= 0.6 is 15.9 Å². The first kappa shape index (κ1) is 11.0. The number of nitrogens with two attached hydrogens (primary N) is 1. The minimum absolute atomic E-state index is 0.0542. The fourth-order valence-corrected chi connectivity index (χ4v) is 1.66. The molecule has 0 aliphatic carbocycles. The Balaban J connectivity index is 3.28. The van der Waals surface area contributed by atoms with E-state index in [-0.39, 0.29) is 5.78 Å². The molecule has 0 saturated carbocycles.